The molecular weight excluding hydrogens is 511 g/mol. The Labute approximate surface area is 226 Å². The summed E-state index contributed by atoms with van der Waals surface area (Å²) in [4.78, 5) is 20.3. The molecule has 2 N–H and O–H groups in total. The van der Waals surface area contributed by atoms with Crippen molar-refractivity contribution < 1.29 is 23.1 Å². The number of halogens is 3. The van der Waals surface area contributed by atoms with Crippen molar-refractivity contribution in [2.75, 3.05) is 6.54 Å². The average Bonchev–Trinajstić information content (AvgIpc) is 3.51. The largest absolute Gasteiger partial charge is 0.416 e. The number of amides is 1. The zero-order valence-electron chi connectivity index (χ0n) is 22.4. The van der Waals surface area contributed by atoms with Crippen molar-refractivity contribution >= 4 is 17.2 Å². The van der Waals surface area contributed by atoms with Crippen LogP contribution in [0.1, 0.15) is 86.2 Å². The number of benzene rings is 1. The molecule has 2 fully saturated rings. The Balaban J connectivity index is 1.23. The Morgan fingerprint density at radius 3 is 2.50 bits per heavy atom. The normalized spacial score (nSPS) is 30.1. The first-order chi connectivity index (χ1) is 17.9. The predicted molar refractivity (Wildman–Crippen MR) is 142 cm³/mol. The molecule has 2 aliphatic carbocycles. The molecule has 0 radical (unpaired) electrons. The van der Waals surface area contributed by atoms with Crippen molar-refractivity contribution in [2.24, 2.45) is 11.3 Å². The van der Waals surface area contributed by atoms with Gasteiger partial charge in [-0.15, -0.1) is 11.3 Å². The van der Waals surface area contributed by atoms with Gasteiger partial charge in [-0.3, -0.25) is 4.79 Å². The van der Waals surface area contributed by atoms with Crippen molar-refractivity contribution in [3.63, 3.8) is 0 Å². The molecule has 5 nitrogen and oxygen atoms in total. The number of nitrogens with zero attached hydrogens (tertiary/aromatic N) is 2. The summed E-state index contributed by atoms with van der Waals surface area (Å²) >= 11 is 1.53. The monoisotopic (exact) mass is 549 g/mol. The Kier molecular flexibility index (Phi) is 7.41. The molecule has 38 heavy (non-hydrogen) atoms. The molecule has 1 unspecified atom stereocenters. The lowest BCUT2D eigenvalue weighted by molar-refractivity contribution is -0.145. The van der Waals surface area contributed by atoms with E-state index in [9.17, 15) is 23.1 Å². The SMILES string of the molecule is Cc1csc(C2(O)CCC(NC3CC[C@@](C(=O)N4CCc5ccc(C(F)(F)F)cc5C4)(C(C)C)C3)CC2)n1. The predicted octanol–water partition coefficient (Wildman–Crippen LogP) is 5.97. The highest BCUT2D eigenvalue weighted by atomic mass is 32.1. The molecule has 0 spiro atoms. The minimum Gasteiger partial charge on any atom is -0.383 e. The van der Waals surface area contributed by atoms with Gasteiger partial charge in [-0.1, -0.05) is 19.9 Å². The summed E-state index contributed by atoms with van der Waals surface area (Å²) in [5, 5.41) is 17.7. The molecule has 2 saturated carbocycles. The number of rotatable bonds is 5. The summed E-state index contributed by atoms with van der Waals surface area (Å²) in [7, 11) is 0. The molecule has 5 rings (SSSR count). The first kappa shape index (κ1) is 27.6. The van der Waals surface area contributed by atoms with E-state index in [-0.39, 0.29) is 24.4 Å². The highest BCUT2D eigenvalue weighted by Gasteiger charge is 2.50. The van der Waals surface area contributed by atoms with Crippen LogP contribution >= 0.6 is 11.3 Å². The second kappa shape index (κ2) is 10.2. The van der Waals surface area contributed by atoms with Crippen LogP contribution in [-0.4, -0.2) is 39.5 Å². The van der Waals surface area contributed by atoms with Gasteiger partial charge in [0.1, 0.15) is 10.6 Å². The van der Waals surface area contributed by atoms with Gasteiger partial charge in [-0.2, -0.15) is 13.2 Å². The van der Waals surface area contributed by atoms with Gasteiger partial charge in [0.25, 0.3) is 0 Å². The fourth-order valence-electron chi connectivity index (χ4n) is 6.78. The van der Waals surface area contributed by atoms with Crippen LogP contribution in [-0.2, 0) is 29.5 Å². The van der Waals surface area contributed by atoms with E-state index in [0.717, 1.165) is 54.4 Å². The number of aromatic nitrogens is 1. The van der Waals surface area contributed by atoms with Gasteiger partial charge >= 0.3 is 6.18 Å². The minimum absolute atomic E-state index is 0.0806. The van der Waals surface area contributed by atoms with Crippen molar-refractivity contribution in [3.05, 3.63) is 51.0 Å². The number of alkyl halides is 3. The van der Waals surface area contributed by atoms with Crippen LogP contribution in [0, 0.1) is 18.3 Å². The zero-order valence-corrected chi connectivity index (χ0v) is 23.2. The van der Waals surface area contributed by atoms with Crippen LogP contribution in [0.5, 0.6) is 0 Å². The standard InChI is InChI=1S/C29H38F3N3O2S/c1-18(2)27(26(36)35-13-9-20-4-5-22(29(30,31)32)14-21(20)16-35)10-6-24(15-27)34-23-7-11-28(37,12-8-23)25-33-19(3)17-38-25/h4-5,14,17-18,23-24,34,37H,6-13,15-16H2,1-3H3/t23?,24?,27-,28?/m0/s1. The van der Waals surface area contributed by atoms with Gasteiger partial charge < -0.3 is 15.3 Å². The van der Waals surface area contributed by atoms with Gasteiger partial charge in [0.2, 0.25) is 5.91 Å². The zero-order chi connectivity index (χ0) is 27.3. The highest BCUT2D eigenvalue weighted by molar-refractivity contribution is 7.09. The Bertz CT molecular complexity index is 1170. The minimum atomic E-state index is -4.39. The van der Waals surface area contributed by atoms with Gasteiger partial charge in [-0.05, 0) is 87.5 Å². The van der Waals surface area contributed by atoms with Crippen LogP contribution in [0.3, 0.4) is 0 Å². The van der Waals surface area contributed by atoms with Crippen molar-refractivity contribution in [1.29, 1.82) is 0 Å². The van der Waals surface area contributed by atoms with Crippen molar-refractivity contribution in [1.82, 2.24) is 15.2 Å². The number of carbonyl (C=O) groups is 1. The number of fused-ring (bicyclic) bond motifs is 1. The first-order valence-corrected chi connectivity index (χ1v) is 14.7. The van der Waals surface area contributed by atoms with E-state index in [1.165, 1.54) is 17.4 Å². The van der Waals surface area contributed by atoms with E-state index in [1.54, 1.807) is 11.0 Å². The Morgan fingerprint density at radius 2 is 1.87 bits per heavy atom. The molecule has 1 aliphatic heterocycles. The van der Waals surface area contributed by atoms with E-state index in [0.29, 0.717) is 37.4 Å². The molecule has 2 atom stereocenters. The molecule has 1 amide bonds. The fourth-order valence-corrected chi connectivity index (χ4v) is 7.74. The average molecular weight is 550 g/mol. The second-order valence-electron chi connectivity index (χ2n) is 12.0. The van der Waals surface area contributed by atoms with E-state index in [1.807, 2.05) is 12.3 Å². The third-order valence-corrected chi connectivity index (χ3v) is 10.4. The second-order valence-corrected chi connectivity index (χ2v) is 12.8. The maximum Gasteiger partial charge on any atom is 0.416 e. The maximum absolute atomic E-state index is 14.0. The van der Waals surface area contributed by atoms with Gasteiger partial charge in [0.05, 0.1) is 11.0 Å². The van der Waals surface area contributed by atoms with Crippen LogP contribution in [0.2, 0.25) is 0 Å². The summed E-state index contributed by atoms with van der Waals surface area (Å²) in [5.41, 5.74) is 0.440. The van der Waals surface area contributed by atoms with E-state index in [4.69, 9.17) is 0 Å². The van der Waals surface area contributed by atoms with Crippen LogP contribution < -0.4 is 5.32 Å². The summed E-state index contributed by atoms with van der Waals surface area (Å²) in [6.07, 6.45) is 1.68. The molecule has 0 bridgehead atoms. The number of aliphatic hydroxyl groups is 1. The van der Waals surface area contributed by atoms with Gasteiger partial charge in [0, 0.05) is 36.2 Å². The summed E-state index contributed by atoms with van der Waals surface area (Å²) in [6, 6.07) is 4.43. The third kappa shape index (κ3) is 5.26. The molecule has 1 aromatic carbocycles. The van der Waals surface area contributed by atoms with Gasteiger partial charge in [0.15, 0.2) is 0 Å². The fraction of sp³-hybridized carbons (Fsp3) is 0.655. The molecule has 9 heteroatoms. The van der Waals surface area contributed by atoms with Crippen molar-refractivity contribution in [2.45, 2.75) is 103 Å². The number of nitrogens with one attached hydrogen (secondary N) is 1. The Morgan fingerprint density at radius 1 is 1.16 bits per heavy atom. The Hall–Kier alpha value is -1.97. The molecule has 0 saturated heterocycles. The van der Waals surface area contributed by atoms with Crippen molar-refractivity contribution in [3.8, 4) is 0 Å². The molecule has 2 aromatic rings. The molecule has 3 aliphatic rings. The van der Waals surface area contributed by atoms with Crippen LogP contribution in [0.25, 0.3) is 0 Å². The summed E-state index contributed by atoms with van der Waals surface area (Å²) in [5.74, 6) is 0.214. The summed E-state index contributed by atoms with van der Waals surface area (Å²) < 4.78 is 39.9. The number of carbonyl (C=O) groups excluding carboxylic acids is 1. The maximum atomic E-state index is 14.0. The number of hydrogen-bond donors (Lipinski definition) is 2. The lowest BCUT2D eigenvalue weighted by atomic mass is 9.73. The number of hydrogen-bond acceptors (Lipinski definition) is 5. The quantitative estimate of drug-likeness (QED) is 0.482. The molecule has 2 heterocycles. The lowest BCUT2D eigenvalue weighted by Crippen LogP contribution is -2.49. The smallest absolute Gasteiger partial charge is 0.383 e. The molecule has 1 aromatic heterocycles. The third-order valence-electron chi connectivity index (χ3n) is 9.21. The van der Waals surface area contributed by atoms with Gasteiger partial charge in [-0.25, -0.2) is 4.98 Å². The molecular formula is C29H38F3N3O2S. The molecule has 208 valence electrons. The van der Waals surface area contributed by atoms with E-state index >= 15 is 0 Å². The number of thiazole rings is 1. The van der Waals surface area contributed by atoms with E-state index in [2.05, 4.69) is 24.1 Å². The van der Waals surface area contributed by atoms with E-state index < -0.39 is 22.8 Å². The topological polar surface area (TPSA) is 65.5 Å². The highest BCUT2D eigenvalue weighted by Crippen LogP contribution is 2.47. The lowest BCUT2D eigenvalue weighted by Gasteiger charge is -2.40. The number of aryl methyl sites for hydroxylation is 1. The van der Waals surface area contributed by atoms with Crippen LogP contribution in [0.15, 0.2) is 23.6 Å². The summed E-state index contributed by atoms with van der Waals surface area (Å²) in [6.45, 7) is 6.91. The first-order valence-electron chi connectivity index (χ1n) is 13.8. The van der Waals surface area contributed by atoms with Crippen LogP contribution in [0.4, 0.5) is 13.2 Å².